The molecule has 2 heterocycles. The highest BCUT2D eigenvalue weighted by Crippen LogP contribution is 2.28. The van der Waals surface area contributed by atoms with Crippen molar-refractivity contribution in [2.75, 3.05) is 32.9 Å². The Morgan fingerprint density at radius 1 is 1.27 bits per heavy atom. The van der Waals surface area contributed by atoms with Crippen molar-refractivity contribution >= 4 is 0 Å². The van der Waals surface area contributed by atoms with Crippen molar-refractivity contribution in [2.45, 2.75) is 38.7 Å². The van der Waals surface area contributed by atoms with Gasteiger partial charge in [0, 0.05) is 32.9 Å². The van der Waals surface area contributed by atoms with Crippen molar-refractivity contribution in [1.82, 2.24) is 5.32 Å². The molecule has 2 saturated heterocycles. The third kappa shape index (κ3) is 3.44. The summed E-state index contributed by atoms with van der Waals surface area (Å²) in [5.41, 5.74) is 0.441. The molecule has 2 rings (SSSR count). The molecule has 0 aromatic carbocycles. The summed E-state index contributed by atoms with van der Waals surface area (Å²) in [6, 6.07) is 0. The summed E-state index contributed by atoms with van der Waals surface area (Å²) in [4.78, 5) is 0. The minimum atomic E-state index is 0.441. The van der Waals surface area contributed by atoms with Gasteiger partial charge >= 0.3 is 0 Å². The molecule has 2 fully saturated rings. The summed E-state index contributed by atoms with van der Waals surface area (Å²) in [6.07, 6.45) is 5.30. The molecule has 1 atom stereocenters. The molecule has 15 heavy (non-hydrogen) atoms. The normalized spacial score (nSPS) is 30.6. The molecule has 1 N–H and O–H groups in total. The monoisotopic (exact) mass is 213 g/mol. The van der Waals surface area contributed by atoms with Crippen LogP contribution in [-0.4, -0.2) is 39.0 Å². The third-order valence-corrected chi connectivity index (χ3v) is 3.65. The fourth-order valence-electron chi connectivity index (χ4n) is 2.38. The van der Waals surface area contributed by atoms with Crippen molar-refractivity contribution < 1.29 is 9.47 Å². The van der Waals surface area contributed by atoms with Crippen LogP contribution >= 0.6 is 0 Å². The molecule has 0 aliphatic carbocycles. The summed E-state index contributed by atoms with van der Waals surface area (Å²) in [5, 5.41) is 3.56. The lowest BCUT2D eigenvalue weighted by atomic mass is 9.82. The van der Waals surface area contributed by atoms with Crippen LogP contribution in [0, 0.1) is 5.41 Å². The molecular weight excluding hydrogens is 190 g/mol. The van der Waals surface area contributed by atoms with Gasteiger partial charge in [0.25, 0.3) is 0 Å². The van der Waals surface area contributed by atoms with Gasteiger partial charge in [0.15, 0.2) is 0 Å². The van der Waals surface area contributed by atoms with Gasteiger partial charge < -0.3 is 14.8 Å². The zero-order valence-electron chi connectivity index (χ0n) is 9.76. The van der Waals surface area contributed by atoms with Crippen LogP contribution in [0.5, 0.6) is 0 Å². The highest BCUT2D eigenvalue weighted by molar-refractivity contribution is 4.80. The molecule has 3 nitrogen and oxygen atoms in total. The van der Waals surface area contributed by atoms with E-state index >= 15 is 0 Å². The first-order valence-electron chi connectivity index (χ1n) is 6.19. The van der Waals surface area contributed by atoms with E-state index in [1.54, 1.807) is 0 Å². The topological polar surface area (TPSA) is 30.5 Å². The van der Waals surface area contributed by atoms with Gasteiger partial charge in [-0.2, -0.15) is 0 Å². The van der Waals surface area contributed by atoms with Gasteiger partial charge in [-0.3, -0.25) is 0 Å². The van der Waals surface area contributed by atoms with Gasteiger partial charge in [0.1, 0.15) is 0 Å². The molecular formula is C12H23NO2. The minimum Gasteiger partial charge on any atom is -0.381 e. The molecule has 2 aliphatic rings. The first-order valence-corrected chi connectivity index (χ1v) is 6.19. The Labute approximate surface area is 92.5 Å². The van der Waals surface area contributed by atoms with Crippen molar-refractivity contribution in [3.63, 3.8) is 0 Å². The second-order valence-electron chi connectivity index (χ2n) is 5.19. The molecule has 3 heteroatoms. The lowest BCUT2D eigenvalue weighted by Crippen LogP contribution is -2.39. The van der Waals surface area contributed by atoms with E-state index in [2.05, 4.69) is 12.2 Å². The Morgan fingerprint density at radius 3 is 2.73 bits per heavy atom. The first-order chi connectivity index (χ1) is 7.29. The van der Waals surface area contributed by atoms with Crippen molar-refractivity contribution in [3.05, 3.63) is 0 Å². The summed E-state index contributed by atoms with van der Waals surface area (Å²) < 4.78 is 11.0. The Kier molecular flexibility index (Phi) is 4.00. The van der Waals surface area contributed by atoms with Crippen molar-refractivity contribution in [2.24, 2.45) is 5.41 Å². The molecule has 88 valence electrons. The number of nitrogens with one attached hydrogen (secondary N) is 1. The van der Waals surface area contributed by atoms with E-state index in [1.807, 2.05) is 0 Å². The van der Waals surface area contributed by atoms with Gasteiger partial charge in [-0.25, -0.2) is 0 Å². The number of hydrogen-bond acceptors (Lipinski definition) is 3. The molecule has 0 spiro atoms. The highest BCUT2D eigenvalue weighted by atomic mass is 16.5. The van der Waals surface area contributed by atoms with E-state index in [1.165, 1.54) is 25.7 Å². The predicted molar refractivity (Wildman–Crippen MR) is 60.0 cm³/mol. The Hall–Kier alpha value is -0.120. The largest absolute Gasteiger partial charge is 0.381 e. The molecule has 0 aromatic rings. The molecule has 0 aromatic heterocycles. The Bertz CT molecular complexity index is 184. The van der Waals surface area contributed by atoms with E-state index in [0.29, 0.717) is 11.5 Å². The average molecular weight is 213 g/mol. The van der Waals surface area contributed by atoms with Crippen molar-refractivity contribution in [1.29, 1.82) is 0 Å². The van der Waals surface area contributed by atoms with E-state index in [0.717, 1.165) is 32.9 Å². The fourth-order valence-corrected chi connectivity index (χ4v) is 2.38. The fraction of sp³-hybridized carbons (Fsp3) is 1.00. The number of rotatable bonds is 4. The lowest BCUT2D eigenvalue weighted by Gasteiger charge is -2.34. The van der Waals surface area contributed by atoms with E-state index in [9.17, 15) is 0 Å². The predicted octanol–water partition coefficient (Wildman–Crippen LogP) is 1.57. The third-order valence-electron chi connectivity index (χ3n) is 3.65. The standard InChI is InChI=1S/C12H23NO2/c1-12(4-7-14-8-5-12)10-13-9-11-3-2-6-15-11/h11,13H,2-10H2,1H3. The molecule has 0 radical (unpaired) electrons. The second-order valence-corrected chi connectivity index (χ2v) is 5.19. The molecule has 0 amide bonds. The summed E-state index contributed by atoms with van der Waals surface area (Å²) >= 11 is 0. The van der Waals surface area contributed by atoms with Crippen LogP contribution in [0.25, 0.3) is 0 Å². The molecule has 0 bridgehead atoms. The zero-order valence-corrected chi connectivity index (χ0v) is 9.76. The number of ether oxygens (including phenoxy) is 2. The van der Waals surface area contributed by atoms with E-state index in [4.69, 9.17) is 9.47 Å². The summed E-state index contributed by atoms with van der Waals surface area (Å²) in [6.45, 7) is 7.30. The SMILES string of the molecule is CC1(CNCC2CCCO2)CCOCC1. The van der Waals surface area contributed by atoms with Gasteiger partial charge in [-0.05, 0) is 31.1 Å². The van der Waals surface area contributed by atoms with Crippen LogP contribution in [-0.2, 0) is 9.47 Å². The molecule has 1 unspecified atom stereocenters. The van der Waals surface area contributed by atoms with Crippen LogP contribution in [0.4, 0.5) is 0 Å². The summed E-state index contributed by atoms with van der Waals surface area (Å²) in [7, 11) is 0. The maximum atomic E-state index is 5.59. The van der Waals surface area contributed by atoms with E-state index in [-0.39, 0.29) is 0 Å². The van der Waals surface area contributed by atoms with Gasteiger partial charge in [-0.1, -0.05) is 6.92 Å². The van der Waals surface area contributed by atoms with E-state index < -0.39 is 0 Å². The second kappa shape index (κ2) is 5.28. The van der Waals surface area contributed by atoms with Crippen molar-refractivity contribution in [3.8, 4) is 0 Å². The zero-order chi connectivity index (χ0) is 10.6. The maximum absolute atomic E-state index is 5.59. The van der Waals surface area contributed by atoms with Crippen LogP contribution in [0.1, 0.15) is 32.6 Å². The van der Waals surface area contributed by atoms with Crippen LogP contribution in [0.2, 0.25) is 0 Å². The Balaban J connectivity index is 1.63. The quantitative estimate of drug-likeness (QED) is 0.769. The lowest BCUT2D eigenvalue weighted by molar-refractivity contribution is 0.0220. The molecule has 2 aliphatic heterocycles. The highest BCUT2D eigenvalue weighted by Gasteiger charge is 2.27. The maximum Gasteiger partial charge on any atom is 0.0700 e. The average Bonchev–Trinajstić information content (AvgIpc) is 2.71. The van der Waals surface area contributed by atoms with Crippen LogP contribution < -0.4 is 5.32 Å². The summed E-state index contributed by atoms with van der Waals surface area (Å²) in [5.74, 6) is 0. The minimum absolute atomic E-state index is 0.441. The smallest absolute Gasteiger partial charge is 0.0700 e. The van der Waals surface area contributed by atoms with Gasteiger partial charge in [0.2, 0.25) is 0 Å². The van der Waals surface area contributed by atoms with Gasteiger partial charge in [0.05, 0.1) is 6.10 Å². The first kappa shape index (κ1) is 11.4. The van der Waals surface area contributed by atoms with Crippen LogP contribution in [0.3, 0.4) is 0 Å². The van der Waals surface area contributed by atoms with Gasteiger partial charge in [-0.15, -0.1) is 0 Å². The van der Waals surface area contributed by atoms with Crippen LogP contribution in [0.15, 0.2) is 0 Å². The molecule has 0 saturated carbocycles. The number of hydrogen-bond donors (Lipinski definition) is 1. The Morgan fingerprint density at radius 2 is 2.07 bits per heavy atom.